The van der Waals surface area contributed by atoms with Crippen LogP contribution in [0, 0.1) is 0 Å². The van der Waals surface area contributed by atoms with Crippen molar-refractivity contribution >= 4 is 56.5 Å². The number of hydrogen-bond acceptors (Lipinski definition) is 6. The zero-order valence-corrected chi connectivity index (χ0v) is 17.9. The van der Waals surface area contributed by atoms with Crippen molar-refractivity contribution in [2.75, 3.05) is 19.6 Å². The Morgan fingerprint density at radius 2 is 1.97 bits per heavy atom. The van der Waals surface area contributed by atoms with Crippen LogP contribution in [-0.2, 0) is 19.6 Å². The summed E-state index contributed by atoms with van der Waals surface area (Å²) in [5, 5.41) is 12.0. The molecule has 2 aliphatic heterocycles. The highest BCUT2D eigenvalue weighted by Crippen LogP contribution is 2.37. The van der Waals surface area contributed by atoms with Crippen molar-refractivity contribution in [2.45, 2.75) is 4.90 Å². The average Bonchev–Trinajstić information content (AvgIpc) is 2.94. The van der Waals surface area contributed by atoms with Gasteiger partial charge in [-0.15, -0.1) is 13.2 Å². The number of nitrogens with one attached hydrogen (secondary N) is 1. The normalized spacial score (nSPS) is 17.8. The number of amides is 2. The zero-order valence-electron chi connectivity index (χ0n) is 15.5. The van der Waals surface area contributed by atoms with Gasteiger partial charge < -0.3 is 5.11 Å². The third kappa shape index (κ3) is 3.55. The lowest BCUT2D eigenvalue weighted by molar-refractivity contribution is -0.125. The molecule has 158 valence electrons. The number of carbonyl (C=O) groups excluding carboxylic acids is 2. The molecule has 9 nitrogen and oxygen atoms in total. The molecule has 0 unspecified atom stereocenters. The molecule has 0 spiro atoms. The molecule has 2 amide bonds. The summed E-state index contributed by atoms with van der Waals surface area (Å²) >= 11 is 11.1. The molecule has 2 heterocycles. The fraction of sp³-hybridized carbons (Fsp3) is 0.167. The molecule has 1 fully saturated rings. The van der Waals surface area contributed by atoms with Gasteiger partial charge in [0.1, 0.15) is 11.4 Å². The minimum atomic E-state index is -4.21. The van der Waals surface area contributed by atoms with Crippen LogP contribution in [0.5, 0.6) is 0 Å². The van der Waals surface area contributed by atoms with Gasteiger partial charge in [0.2, 0.25) is 0 Å². The van der Waals surface area contributed by atoms with E-state index in [-0.39, 0.29) is 46.1 Å². The molecule has 0 aromatic heterocycles. The minimum Gasteiger partial charge on any atom is -0.505 e. The highest BCUT2D eigenvalue weighted by molar-refractivity contribution is 7.89. The van der Waals surface area contributed by atoms with E-state index in [1.54, 1.807) is 0 Å². The molecule has 0 bridgehead atoms. The molecule has 3 rings (SSSR count). The standard InChI is InChI=1S/C18H17ClN4O5S2/c1-3-7-21-14(24)10-22(18(21)29)20-17(26)15-16(25)12-6-5-11(19)9-13(12)30(27,28)23(15)8-4-2/h3-6,9,25H,1-2,7-8,10H2,(H,20,26). The summed E-state index contributed by atoms with van der Waals surface area (Å²) in [5.74, 6) is -1.89. The molecule has 0 atom stereocenters. The number of fused-ring (bicyclic) bond motifs is 1. The highest BCUT2D eigenvalue weighted by atomic mass is 35.5. The van der Waals surface area contributed by atoms with E-state index in [9.17, 15) is 23.1 Å². The van der Waals surface area contributed by atoms with Gasteiger partial charge in [0.15, 0.2) is 16.6 Å². The number of rotatable bonds is 6. The highest BCUT2D eigenvalue weighted by Gasteiger charge is 2.41. The molecule has 0 saturated carbocycles. The van der Waals surface area contributed by atoms with Crippen LogP contribution in [0.2, 0.25) is 5.02 Å². The second kappa shape index (κ2) is 8.09. The first-order valence-corrected chi connectivity index (χ1v) is 10.8. The first-order valence-electron chi connectivity index (χ1n) is 8.54. The number of aliphatic hydroxyl groups is 1. The number of halogens is 1. The first-order chi connectivity index (χ1) is 14.1. The maximum absolute atomic E-state index is 13.1. The topological polar surface area (TPSA) is 110 Å². The summed E-state index contributed by atoms with van der Waals surface area (Å²) in [6.07, 6.45) is 2.74. The van der Waals surface area contributed by atoms with Gasteiger partial charge in [0, 0.05) is 17.1 Å². The zero-order chi connectivity index (χ0) is 22.2. The van der Waals surface area contributed by atoms with Crippen LogP contribution in [-0.4, -0.2) is 64.3 Å². The van der Waals surface area contributed by atoms with Crippen LogP contribution < -0.4 is 5.43 Å². The SMILES string of the molecule is C=CCN1C(=O)CN(NC(=O)C2=C(O)c3ccc(Cl)cc3S(=O)(=O)N2CC=C)C1=S. The molecular weight excluding hydrogens is 452 g/mol. The van der Waals surface area contributed by atoms with Gasteiger partial charge in [-0.25, -0.2) is 8.42 Å². The van der Waals surface area contributed by atoms with Crippen molar-refractivity contribution in [2.24, 2.45) is 0 Å². The maximum atomic E-state index is 13.1. The van der Waals surface area contributed by atoms with Gasteiger partial charge >= 0.3 is 0 Å². The van der Waals surface area contributed by atoms with E-state index in [1.807, 2.05) is 0 Å². The van der Waals surface area contributed by atoms with Crippen molar-refractivity contribution < 1.29 is 23.1 Å². The van der Waals surface area contributed by atoms with Gasteiger partial charge in [-0.1, -0.05) is 23.8 Å². The van der Waals surface area contributed by atoms with Crippen molar-refractivity contribution in [3.05, 3.63) is 59.8 Å². The first kappa shape index (κ1) is 21.8. The Bertz CT molecular complexity index is 1120. The average molecular weight is 469 g/mol. The lowest BCUT2D eigenvalue weighted by Gasteiger charge is -2.31. The van der Waals surface area contributed by atoms with Gasteiger partial charge in [-0.3, -0.25) is 29.2 Å². The number of sulfonamides is 1. The molecule has 30 heavy (non-hydrogen) atoms. The number of thiocarbonyl (C=S) groups is 1. The van der Waals surface area contributed by atoms with E-state index < -0.39 is 27.4 Å². The fourth-order valence-corrected chi connectivity index (χ4v) is 5.22. The van der Waals surface area contributed by atoms with Crippen LogP contribution in [0.3, 0.4) is 0 Å². The number of aliphatic hydroxyl groups excluding tert-OH is 1. The molecule has 0 aliphatic carbocycles. The maximum Gasteiger partial charge on any atom is 0.291 e. The molecule has 0 radical (unpaired) electrons. The summed E-state index contributed by atoms with van der Waals surface area (Å²) < 4.78 is 26.9. The quantitative estimate of drug-likeness (QED) is 0.479. The van der Waals surface area contributed by atoms with E-state index >= 15 is 0 Å². The summed E-state index contributed by atoms with van der Waals surface area (Å²) in [7, 11) is -4.21. The molecule has 1 saturated heterocycles. The Labute approximate surface area is 183 Å². The van der Waals surface area contributed by atoms with Crippen LogP contribution >= 0.6 is 23.8 Å². The van der Waals surface area contributed by atoms with Crippen LogP contribution in [0.1, 0.15) is 5.56 Å². The van der Waals surface area contributed by atoms with E-state index in [0.29, 0.717) is 4.31 Å². The van der Waals surface area contributed by atoms with Crippen molar-refractivity contribution in [1.29, 1.82) is 0 Å². The van der Waals surface area contributed by atoms with Crippen LogP contribution in [0.25, 0.3) is 5.76 Å². The summed E-state index contributed by atoms with van der Waals surface area (Å²) in [4.78, 5) is 26.0. The predicted molar refractivity (Wildman–Crippen MR) is 114 cm³/mol. The molecule has 2 N–H and O–H groups in total. The van der Waals surface area contributed by atoms with Crippen molar-refractivity contribution in [1.82, 2.24) is 19.6 Å². The number of hydrazine groups is 1. The monoisotopic (exact) mass is 468 g/mol. The van der Waals surface area contributed by atoms with Gasteiger partial charge in [-0.2, -0.15) is 0 Å². The molecule has 2 aliphatic rings. The van der Waals surface area contributed by atoms with E-state index in [4.69, 9.17) is 23.8 Å². The van der Waals surface area contributed by atoms with Crippen molar-refractivity contribution in [3.8, 4) is 0 Å². The third-order valence-electron chi connectivity index (χ3n) is 4.35. The third-order valence-corrected chi connectivity index (χ3v) is 6.84. The number of carbonyl (C=O) groups is 2. The second-order valence-electron chi connectivity index (χ2n) is 6.27. The Kier molecular flexibility index (Phi) is 5.88. The van der Waals surface area contributed by atoms with E-state index in [1.165, 1.54) is 35.3 Å². The van der Waals surface area contributed by atoms with Crippen molar-refractivity contribution in [3.63, 3.8) is 0 Å². The summed E-state index contributed by atoms with van der Waals surface area (Å²) in [6.45, 7) is 6.68. The molecular formula is C18H17ClN4O5S2. The molecule has 1 aromatic carbocycles. The Hall–Kier alpha value is -2.89. The van der Waals surface area contributed by atoms with E-state index in [0.717, 1.165) is 5.01 Å². The molecule has 1 aromatic rings. The van der Waals surface area contributed by atoms with Crippen LogP contribution in [0.15, 0.2) is 54.1 Å². The smallest absolute Gasteiger partial charge is 0.291 e. The van der Waals surface area contributed by atoms with E-state index in [2.05, 4.69) is 18.6 Å². The fourth-order valence-electron chi connectivity index (χ4n) is 3.03. The van der Waals surface area contributed by atoms with Gasteiger partial charge in [0.05, 0.1) is 6.54 Å². The second-order valence-corrected chi connectivity index (χ2v) is 8.90. The number of benzene rings is 1. The summed E-state index contributed by atoms with van der Waals surface area (Å²) in [6, 6.07) is 3.89. The summed E-state index contributed by atoms with van der Waals surface area (Å²) in [5.41, 5.74) is 1.79. The number of hydrogen-bond donors (Lipinski definition) is 2. The number of nitrogens with zero attached hydrogens (tertiary/aromatic N) is 3. The molecule has 12 heteroatoms. The Morgan fingerprint density at radius 1 is 1.30 bits per heavy atom. The van der Waals surface area contributed by atoms with Gasteiger partial charge in [0.25, 0.3) is 21.8 Å². The van der Waals surface area contributed by atoms with Gasteiger partial charge in [-0.05, 0) is 30.4 Å². The van der Waals surface area contributed by atoms with Crippen LogP contribution in [0.4, 0.5) is 0 Å². The largest absolute Gasteiger partial charge is 0.505 e. The lowest BCUT2D eigenvalue weighted by Crippen LogP contribution is -2.49. The lowest BCUT2D eigenvalue weighted by atomic mass is 10.1. The predicted octanol–water partition coefficient (Wildman–Crippen LogP) is 1.40. The Balaban J connectivity index is 2.03. The minimum absolute atomic E-state index is 0.0226. The Morgan fingerprint density at radius 3 is 2.60 bits per heavy atom.